The lowest BCUT2D eigenvalue weighted by atomic mass is 10.0. The molecule has 0 aliphatic carbocycles. The molecule has 2 aliphatic heterocycles. The number of fused-ring (bicyclic) bond motifs is 1. The van der Waals surface area contributed by atoms with Crippen molar-refractivity contribution in [2.24, 2.45) is 0 Å². The summed E-state index contributed by atoms with van der Waals surface area (Å²) in [6.07, 6.45) is -1.80. The molecule has 0 spiro atoms. The molecule has 2 aromatic carbocycles. The fraction of sp³-hybridized carbons (Fsp3) is 0.269. The van der Waals surface area contributed by atoms with Crippen molar-refractivity contribution in [1.29, 1.82) is 0 Å². The van der Waals surface area contributed by atoms with Crippen LogP contribution in [-0.4, -0.2) is 41.0 Å². The smallest absolute Gasteiger partial charge is 0.422 e. The van der Waals surface area contributed by atoms with Crippen LogP contribution >= 0.6 is 0 Å². The summed E-state index contributed by atoms with van der Waals surface area (Å²) in [4.78, 5) is 32.7. The predicted molar refractivity (Wildman–Crippen MR) is 123 cm³/mol. The molecule has 36 heavy (non-hydrogen) atoms. The van der Waals surface area contributed by atoms with Gasteiger partial charge in [-0.2, -0.15) is 13.2 Å². The number of pyridine rings is 1. The van der Waals surface area contributed by atoms with E-state index in [1.54, 1.807) is 28.0 Å². The minimum absolute atomic E-state index is 0.128. The van der Waals surface area contributed by atoms with E-state index in [0.717, 1.165) is 30.7 Å². The van der Waals surface area contributed by atoms with Gasteiger partial charge < -0.3 is 14.5 Å². The number of benzene rings is 2. The monoisotopic (exact) mass is 499 g/mol. The molecule has 6 nitrogen and oxygen atoms in total. The van der Waals surface area contributed by atoms with Gasteiger partial charge in [0.1, 0.15) is 11.6 Å². The lowest BCUT2D eigenvalue weighted by molar-refractivity contribution is -0.153. The molecule has 2 aliphatic rings. The summed E-state index contributed by atoms with van der Waals surface area (Å²) in [6.45, 7) is -0.211. The van der Waals surface area contributed by atoms with Crippen LogP contribution in [0.5, 0.6) is 5.75 Å². The highest BCUT2D eigenvalue weighted by Gasteiger charge is 2.33. The van der Waals surface area contributed by atoms with Crippen LogP contribution in [0.25, 0.3) is 11.3 Å². The maximum absolute atomic E-state index is 13.8. The molecule has 0 unspecified atom stereocenters. The predicted octanol–water partition coefficient (Wildman–Crippen LogP) is 5.11. The molecule has 186 valence electrons. The topological polar surface area (TPSA) is 62.7 Å². The van der Waals surface area contributed by atoms with E-state index in [-0.39, 0.29) is 35.4 Å². The SMILES string of the molecule is O=C1CCCN1Cc1ccc(N2Cc3c(ccnc3-c3ccc(F)cc3OCC(F)(F)F)C2=O)cc1. The van der Waals surface area contributed by atoms with E-state index in [0.29, 0.717) is 29.8 Å². The molecule has 2 amide bonds. The second-order valence-electron chi connectivity index (χ2n) is 8.71. The van der Waals surface area contributed by atoms with Gasteiger partial charge in [-0.05, 0) is 42.3 Å². The van der Waals surface area contributed by atoms with E-state index in [2.05, 4.69) is 4.98 Å². The van der Waals surface area contributed by atoms with Gasteiger partial charge in [0.05, 0.1) is 12.2 Å². The molecule has 0 radical (unpaired) electrons. The number of carbonyl (C=O) groups excluding carboxylic acids is 2. The summed E-state index contributed by atoms with van der Waals surface area (Å²) in [5.74, 6) is -1.21. The van der Waals surface area contributed by atoms with Gasteiger partial charge in [-0.15, -0.1) is 0 Å². The Morgan fingerprint density at radius 2 is 1.78 bits per heavy atom. The first kappa shape index (κ1) is 23.8. The van der Waals surface area contributed by atoms with Crippen molar-refractivity contribution in [3.8, 4) is 17.0 Å². The van der Waals surface area contributed by atoms with Crippen LogP contribution in [0.15, 0.2) is 54.7 Å². The zero-order chi connectivity index (χ0) is 25.4. The quantitative estimate of drug-likeness (QED) is 0.442. The molecule has 5 rings (SSSR count). The Morgan fingerprint density at radius 1 is 1.00 bits per heavy atom. The lowest BCUT2D eigenvalue weighted by Gasteiger charge is -2.18. The first-order valence-electron chi connectivity index (χ1n) is 11.4. The number of amides is 2. The molecule has 0 N–H and O–H groups in total. The summed E-state index contributed by atoms with van der Waals surface area (Å²) in [7, 11) is 0. The van der Waals surface area contributed by atoms with E-state index in [9.17, 15) is 27.2 Å². The van der Waals surface area contributed by atoms with Gasteiger partial charge in [0.25, 0.3) is 5.91 Å². The number of likely N-dealkylation sites (tertiary alicyclic amines) is 1. The van der Waals surface area contributed by atoms with E-state index >= 15 is 0 Å². The van der Waals surface area contributed by atoms with E-state index < -0.39 is 18.6 Å². The van der Waals surface area contributed by atoms with Gasteiger partial charge in [0.15, 0.2) is 6.61 Å². The van der Waals surface area contributed by atoms with Crippen LogP contribution < -0.4 is 9.64 Å². The van der Waals surface area contributed by atoms with Crippen molar-refractivity contribution >= 4 is 17.5 Å². The van der Waals surface area contributed by atoms with E-state index in [4.69, 9.17) is 4.74 Å². The Labute approximate surface area is 204 Å². The van der Waals surface area contributed by atoms with Gasteiger partial charge in [-0.25, -0.2) is 4.39 Å². The van der Waals surface area contributed by atoms with Gasteiger partial charge in [0, 0.05) is 54.2 Å². The summed E-state index contributed by atoms with van der Waals surface area (Å²) in [5.41, 5.74) is 2.86. The number of halogens is 4. The molecule has 3 heterocycles. The lowest BCUT2D eigenvalue weighted by Crippen LogP contribution is -2.24. The van der Waals surface area contributed by atoms with Gasteiger partial charge in [0.2, 0.25) is 5.91 Å². The Bertz CT molecular complexity index is 1320. The summed E-state index contributed by atoms with van der Waals surface area (Å²) in [6, 6.07) is 12.1. The number of aromatic nitrogens is 1. The van der Waals surface area contributed by atoms with Crippen LogP contribution in [0.1, 0.15) is 34.3 Å². The molecule has 1 fully saturated rings. The standard InChI is InChI=1S/C26H21F4N3O3/c27-17-5-8-20(22(12-17)36-15-26(28,29)30)24-21-14-33(25(35)19(21)9-10-31-24)18-6-3-16(4-7-18)13-32-11-1-2-23(32)34/h3-10,12H,1-2,11,13-15H2. The fourth-order valence-corrected chi connectivity index (χ4v) is 4.51. The molecule has 0 bridgehead atoms. The zero-order valence-electron chi connectivity index (χ0n) is 19.0. The molecule has 1 aromatic heterocycles. The highest BCUT2D eigenvalue weighted by molar-refractivity contribution is 6.11. The summed E-state index contributed by atoms with van der Waals surface area (Å²) < 4.78 is 56.9. The van der Waals surface area contributed by atoms with Crippen molar-refractivity contribution in [3.05, 3.63) is 77.2 Å². The van der Waals surface area contributed by atoms with Crippen molar-refractivity contribution in [2.75, 3.05) is 18.1 Å². The van der Waals surface area contributed by atoms with Crippen molar-refractivity contribution in [1.82, 2.24) is 9.88 Å². The molecule has 1 saturated heterocycles. The highest BCUT2D eigenvalue weighted by atomic mass is 19.4. The van der Waals surface area contributed by atoms with Gasteiger partial charge in [-0.1, -0.05) is 12.1 Å². The minimum Gasteiger partial charge on any atom is -0.483 e. The number of rotatable bonds is 6. The molecule has 3 aromatic rings. The van der Waals surface area contributed by atoms with Crippen LogP contribution in [0.3, 0.4) is 0 Å². The third-order valence-corrected chi connectivity index (χ3v) is 6.23. The number of hydrogen-bond donors (Lipinski definition) is 0. The number of hydrogen-bond acceptors (Lipinski definition) is 4. The number of nitrogens with zero attached hydrogens (tertiary/aromatic N) is 3. The largest absolute Gasteiger partial charge is 0.483 e. The fourth-order valence-electron chi connectivity index (χ4n) is 4.51. The molecule has 0 saturated carbocycles. The van der Waals surface area contributed by atoms with Crippen LogP contribution in [0, 0.1) is 5.82 Å². The van der Waals surface area contributed by atoms with Crippen LogP contribution in [0.2, 0.25) is 0 Å². The molecular weight excluding hydrogens is 478 g/mol. The second kappa shape index (κ2) is 9.25. The Balaban J connectivity index is 1.41. The third-order valence-electron chi connectivity index (χ3n) is 6.23. The first-order chi connectivity index (χ1) is 17.2. The first-order valence-corrected chi connectivity index (χ1v) is 11.4. The maximum Gasteiger partial charge on any atom is 0.422 e. The van der Waals surface area contributed by atoms with Crippen LogP contribution in [-0.2, 0) is 17.9 Å². The Morgan fingerprint density at radius 3 is 2.47 bits per heavy atom. The van der Waals surface area contributed by atoms with Gasteiger partial charge >= 0.3 is 6.18 Å². The Hall–Kier alpha value is -3.95. The zero-order valence-corrected chi connectivity index (χ0v) is 19.0. The minimum atomic E-state index is -4.60. The normalized spacial score (nSPS) is 15.6. The highest BCUT2D eigenvalue weighted by Crippen LogP contribution is 2.38. The number of ether oxygens (including phenoxy) is 1. The van der Waals surface area contributed by atoms with Gasteiger partial charge in [-0.3, -0.25) is 14.6 Å². The average Bonchev–Trinajstić information content (AvgIpc) is 3.40. The summed E-state index contributed by atoms with van der Waals surface area (Å²) in [5, 5.41) is 0. The van der Waals surface area contributed by atoms with Crippen molar-refractivity contribution < 1.29 is 31.9 Å². The number of alkyl halides is 3. The summed E-state index contributed by atoms with van der Waals surface area (Å²) >= 11 is 0. The number of anilines is 1. The molecular formula is C26H21F4N3O3. The molecule has 0 atom stereocenters. The van der Waals surface area contributed by atoms with Crippen LogP contribution in [0.4, 0.5) is 23.2 Å². The number of carbonyl (C=O) groups is 2. The Kier molecular flexibility index (Phi) is 6.11. The third kappa shape index (κ3) is 4.75. The molecule has 10 heteroatoms. The van der Waals surface area contributed by atoms with Crippen molar-refractivity contribution in [2.45, 2.75) is 32.1 Å². The second-order valence-corrected chi connectivity index (χ2v) is 8.71. The van der Waals surface area contributed by atoms with E-state index in [1.807, 2.05) is 12.1 Å². The van der Waals surface area contributed by atoms with E-state index in [1.165, 1.54) is 12.3 Å². The maximum atomic E-state index is 13.8. The average molecular weight is 499 g/mol. The van der Waals surface area contributed by atoms with Crippen molar-refractivity contribution in [3.63, 3.8) is 0 Å².